The van der Waals surface area contributed by atoms with Crippen LogP contribution in [0.4, 0.5) is 0 Å². The van der Waals surface area contributed by atoms with Crippen LogP contribution in [0.25, 0.3) is 0 Å². The van der Waals surface area contributed by atoms with Crippen LogP contribution in [-0.2, 0) is 20.9 Å². The second-order valence-corrected chi connectivity index (χ2v) is 4.85. The van der Waals surface area contributed by atoms with Crippen LogP contribution in [-0.4, -0.2) is 18.4 Å². The second-order valence-electron chi connectivity index (χ2n) is 4.85. The molecule has 4 nitrogen and oxygen atoms in total. The maximum atomic E-state index is 11.8. The highest BCUT2D eigenvalue weighted by Gasteiger charge is 2.19. The van der Waals surface area contributed by atoms with Gasteiger partial charge in [0.1, 0.15) is 13.2 Å². The van der Waals surface area contributed by atoms with Gasteiger partial charge in [0.2, 0.25) is 5.91 Å². The van der Waals surface area contributed by atoms with Crippen molar-refractivity contribution in [1.82, 2.24) is 5.32 Å². The van der Waals surface area contributed by atoms with Crippen LogP contribution in [0.2, 0.25) is 0 Å². The Bertz CT molecular complexity index is 482. The number of esters is 1. The number of allylic oxidation sites excluding steroid dienone is 2. The molecule has 0 saturated carbocycles. The summed E-state index contributed by atoms with van der Waals surface area (Å²) in [5.74, 6) is -0.485. The van der Waals surface area contributed by atoms with Crippen LogP contribution in [0.3, 0.4) is 0 Å². The van der Waals surface area contributed by atoms with Gasteiger partial charge >= 0.3 is 5.97 Å². The lowest BCUT2D eigenvalue weighted by Crippen LogP contribution is -2.35. The van der Waals surface area contributed by atoms with Crippen LogP contribution in [0.5, 0.6) is 0 Å². The average Bonchev–Trinajstić information content (AvgIpc) is 2.52. The Morgan fingerprint density at radius 2 is 2.00 bits per heavy atom. The number of benzene rings is 1. The number of rotatable bonds is 5. The lowest BCUT2D eigenvalue weighted by molar-refractivity contribution is -0.145. The van der Waals surface area contributed by atoms with E-state index in [9.17, 15) is 9.59 Å². The fraction of sp³-hybridized carbons (Fsp3) is 0.375. The number of carbonyl (C=O) groups excluding carboxylic acids is 2. The van der Waals surface area contributed by atoms with E-state index in [4.69, 9.17) is 4.74 Å². The van der Waals surface area contributed by atoms with Gasteiger partial charge in [-0.1, -0.05) is 42.5 Å². The van der Waals surface area contributed by atoms with E-state index in [1.165, 1.54) is 0 Å². The summed E-state index contributed by atoms with van der Waals surface area (Å²) in [6.45, 7) is 0.174. The molecule has 1 N–H and O–H groups in total. The standard InChI is InChI=1S/C16H19NO3/c18-15(20-12-13-7-3-1-4-8-13)11-17-16(19)14-9-5-2-6-10-14/h1-5,7-8,14H,6,9-12H2,(H,17,19)/t14-/m1/s1. The average molecular weight is 273 g/mol. The molecule has 1 aliphatic rings. The van der Waals surface area contributed by atoms with Crippen LogP contribution in [0.15, 0.2) is 42.5 Å². The molecule has 0 saturated heterocycles. The number of nitrogens with one attached hydrogen (secondary N) is 1. The van der Waals surface area contributed by atoms with E-state index >= 15 is 0 Å². The zero-order valence-electron chi connectivity index (χ0n) is 11.4. The third-order valence-corrected chi connectivity index (χ3v) is 3.29. The largest absolute Gasteiger partial charge is 0.460 e. The van der Waals surface area contributed by atoms with Crippen molar-refractivity contribution in [3.05, 3.63) is 48.0 Å². The molecular formula is C16H19NO3. The second kappa shape index (κ2) is 7.48. The molecule has 0 aliphatic heterocycles. The lowest BCUT2D eigenvalue weighted by atomic mass is 9.94. The minimum atomic E-state index is -0.409. The maximum absolute atomic E-state index is 11.8. The van der Waals surface area contributed by atoms with Gasteiger partial charge in [-0.3, -0.25) is 9.59 Å². The first-order valence-electron chi connectivity index (χ1n) is 6.88. The summed E-state index contributed by atoms with van der Waals surface area (Å²) in [6, 6.07) is 9.47. The molecule has 106 valence electrons. The van der Waals surface area contributed by atoms with Gasteiger partial charge in [0.15, 0.2) is 0 Å². The van der Waals surface area contributed by atoms with Gasteiger partial charge in [-0.05, 0) is 24.8 Å². The zero-order valence-corrected chi connectivity index (χ0v) is 11.4. The molecule has 0 unspecified atom stereocenters. The van der Waals surface area contributed by atoms with E-state index in [1.54, 1.807) is 0 Å². The van der Waals surface area contributed by atoms with Crippen molar-refractivity contribution in [2.24, 2.45) is 5.92 Å². The van der Waals surface area contributed by atoms with Gasteiger partial charge in [0.05, 0.1) is 0 Å². The first-order valence-corrected chi connectivity index (χ1v) is 6.88. The summed E-state index contributed by atoms with van der Waals surface area (Å²) >= 11 is 0. The van der Waals surface area contributed by atoms with Gasteiger partial charge in [-0.2, -0.15) is 0 Å². The molecule has 20 heavy (non-hydrogen) atoms. The molecule has 1 aromatic rings. The minimum Gasteiger partial charge on any atom is -0.460 e. The predicted octanol–water partition coefficient (Wildman–Crippen LogP) is 2.20. The molecular weight excluding hydrogens is 254 g/mol. The molecule has 0 spiro atoms. The molecule has 1 atom stereocenters. The number of ether oxygens (including phenoxy) is 1. The smallest absolute Gasteiger partial charge is 0.325 e. The van der Waals surface area contributed by atoms with Gasteiger partial charge in [-0.15, -0.1) is 0 Å². The third kappa shape index (κ3) is 4.53. The fourth-order valence-electron chi connectivity index (χ4n) is 2.12. The molecule has 0 bridgehead atoms. The third-order valence-electron chi connectivity index (χ3n) is 3.29. The quantitative estimate of drug-likeness (QED) is 0.661. The highest BCUT2D eigenvalue weighted by molar-refractivity contribution is 5.83. The van der Waals surface area contributed by atoms with E-state index in [1.807, 2.05) is 36.4 Å². The summed E-state index contributed by atoms with van der Waals surface area (Å²) in [5.41, 5.74) is 0.935. The first kappa shape index (κ1) is 14.3. The van der Waals surface area contributed by atoms with Crippen molar-refractivity contribution in [3.63, 3.8) is 0 Å². The number of amides is 1. The Labute approximate surface area is 118 Å². The van der Waals surface area contributed by atoms with Crippen molar-refractivity contribution >= 4 is 11.9 Å². The number of hydrogen-bond donors (Lipinski definition) is 1. The van der Waals surface area contributed by atoms with Crippen LogP contribution in [0.1, 0.15) is 24.8 Å². The van der Waals surface area contributed by atoms with Gasteiger partial charge in [0.25, 0.3) is 0 Å². The summed E-state index contributed by atoms with van der Waals surface area (Å²) < 4.78 is 5.10. The molecule has 0 heterocycles. The monoisotopic (exact) mass is 273 g/mol. The Morgan fingerprint density at radius 1 is 1.20 bits per heavy atom. The van der Waals surface area contributed by atoms with Crippen LogP contribution in [0, 0.1) is 5.92 Å². The molecule has 4 heteroatoms. The normalized spacial score (nSPS) is 17.5. The summed E-state index contributed by atoms with van der Waals surface area (Å²) in [4.78, 5) is 23.4. The topological polar surface area (TPSA) is 55.4 Å². The zero-order chi connectivity index (χ0) is 14.2. The number of carbonyl (C=O) groups is 2. The number of hydrogen-bond acceptors (Lipinski definition) is 3. The Morgan fingerprint density at radius 3 is 2.70 bits per heavy atom. The first-order chi connectivity index (χ1) is 9.75. The van der Waals surface area contributed by atoms with E-state index in [2.05, 4.69) is 11.4 Å². The van der Waals surface area contributed by atoms with Crippen molar-refractivity contribution in [1.29, 1.82) is 0 Å². The minimum absolute atomic E-state index is 0.0121. The highest BCUT2D eigenvalue weighted by atomic mass is 16.5. The molecule has 2 rings (SSSR count). The summed E-state index contributed by atoms with van der Waals surface area (Å²) in [6.07, 6.45) is 6.63. The predicted molar refractivity (Wildman–Crippen MR) is 75.7 cm³/mol. The fourth-order valence-corrected chi connectivity index (χ4v) is 2.12. The van der Waals surface area contributed by atoms with Gasteiger partial charge in [-0.25, -0.2) is 0 Å². The Hall–Kier alpha value is -2.10. The summed E-state index contributed by atoms with van der Waals surface area (Å²) in [5, 5.41) is 2.64. The van der Waals surface area contributed by atoms with Crippen molar-refractivity contribution in [3.8, 4) is 0 Å². The van der Waals surface area contributed by atoms with Crippen molar-refractivity contribution in [2.45, 2.75) is 25.9 Å². The maximum Gasteiger partial charge on any atom is 0.325 e. The van der Waals surface area contributed by atoms with E-state index in [0.29, 0.717) is 0 Å². The Balaban J connectivity index is 1.67. The molecule has 1 amide bonds. The molecule has 0 fully saturated rings. The highest BCUT2D eigenvalue weighted by Crippen LogP contribution is 2.17. The van der Waals surface area contributed by atoms with Crippen LogP contribution < -0.4 is 5.32 Å². The van der Waals surface area contributed by atoms with Crippen molar-refractivity contribution < 1.29 is 14.3 Å². The summed E-state index contributed by atoms with van der Waals surface area (Å²) in [7, 11) is 0. The van der Waals surface area contributed by atoms with Crippen molar-refractivity contribution in [2.75, 3.05) is 6.54 Å². The van der Waals surface area contributed by atoms with E-state index in [0.717, 1.165) is 24.8 Å². The molecule has 1 aromatic carbocycles. The molecule has 1 aliphatic carbocycles. The van der Waals surface area contributed by atoms with E-state index < -0.39 is 5.97 Å². The van der Waals surface area contributed by atoms with Gasteiger partial charge in [0, 0.05) is 5.92 Å². The van der Waals surface area contributed by atoms with Gasteiger partial charge < -0.3 is 10.1 Å². The Kier molecular flexibility index (Phi) is 5.35. The SMILES string of the molecule is O=C(CNC(=O)[C@@H]1CC=CCC1)OCc1ccccc1. The lowest BCUT2D eigenvalue weighted by Gasteiger charge is -2.16. The van der Waals surface area contributed by atoms with E-state index in [-0.39, 0.29) is 25.0 Å². The molecule has 0 aromatic heterocycles. The van der Waals surface area contributed by atoms with Crippen LogP contribution >= 0.6 is 0 Å². The molecule has 0 radical (unpaired) electrons.